The molecule has 3 amide bonds. The molecule has 3 rings (SSSR count). The van der Waals surface area contributed by atoms with E-state index in [0.717, 1.165) is 0 Å². The molecule has 0 unspecified atom stereocenters. The summed E-state index contributed by atoms with van der Waals surface area (Å²) >= 11 is 0. The maximum atomic E-state index is 13.9. The number of nitrogens with two attached hydrogens (primary N) is 1. The first-order valence-corrected chi connectivity index (χ1v) is 9.66. The molecule has 0 aliphatic carbocycles. The van der Waals surface area contributed by atoms with Gasteiger partial charge < -0.3 is 20.3 Å². The molecular weight excluding hydrogens is 379 g/mol. The molecule has 0 bridgehead atoms. The zero-order valence-electron chi connectivity index (χ0n) is 17.2. The van der Waals surface area contributed by atoms with Crippen molar-refractivity contribution < 1.29 is 23.5 Å². The molecule has 9 heteroatoms. The van der Waals surface area contributed by atoms with Gasteiger partial charge in [-0.25, -0.2) is 9.18 Å². The first-order chi connectivity index (χ1) is 13.5. The van der Waals surface area contributed by atoms with Gasteiger partial charge in [-0.3, -0.25) is 14.9 Å². The van der Waals surface area contributed by atoms with E-state index in [2.05, 4.69) is 5.32 Å². The summed E-state index contributed by atoms with van der Waals surface area (Å²) in [5.41, 5.74) is 5.97. The Balaban J connectivity index is 0.000000313. The van der Waals surface area contributed by atoms with Crippen LogP contribution >= 0.6 is 0 Å². The summed E-state index contributed by atoms with van der Waals surface area (Å²) < 4.78 is 19.2. The van der Waals surface area contributed by atoms with Gasteiger partial charge in [0, 0.05) is 44.7 Å². The number of rotatable bonds is 1. The van der Waals surface area contributed by atoms with Crippen molar-refractivity contribution in [1.82, 2.24) is 10.2 Å². The molecule has 0 radical (unpaired) electrons. The number of ether oxygens (including phenoxy) is 1. The summed E-state index contributed by atoms with van der Waals surface area (Å²) in [6.07, 6.45) is 1.40. The van der Waals surface area contributed by atoms with Gasteiger partial charge in [-0.1, -0.05) is 0 Å². The van der Waals surface area contributed by atoms with Crippen molar-refractivity contribution in [3.63, 3.8) is 0 Å². The third-order valence-electron chi connectivity index (χ3n) is 4.33. The third-order valence-corrected chi connectivity index (χ3v) is 4.33. The molecule has 1 aromatic rings. The lowest BCUT2D eigenvalue weighted by atomic mass is 10.1. The fourth-order valence-corrected chi connectivity index (χ4v) is 2.93. The first-order valence-electron chi connectivity index (χ1n) is 9.66. The van der Waals surface area contributed by atoms with Crippen molar-refractivity contribution in [3.8, 4) is 0 Å². The van der Waals surface area contributed by atoms with Crippen LogP contribution in [0.3, 0.4) is 0 Å². The highest BCUT2D eigenvalue weighted by Gasteiger charge is 2.26. The van der Waals surface area contributed by atoms with Gasteiger partial charge >= 0.3 is 6.09 Å². The Bertz CT molecular complexity index is 741. The van der Waals surface area contributed by atoms with Gasteiger partial charge in [0.1, 0.15) is 11.4 Å². The topological polar surface area (TPSA) is 105 Å². The van der Waals surface area contributed by atoms with E-state index >= 15 is 0 Å². The van der Waals surface area contributed by atoms with Gasteiger partial charge in [-0.2, -0.15) is 0 Å². The van der Waals surface area contributed by atoms with Crippen LogP contribution in [0, 0.1) is 5.82 Å². The summed E-state index contributed by atoms with van der Waals surface area (Å²) in [4.78, 5) is 36.2. The number of hydrogen-bond acceptors (Lipinski definition) is 6. The van der Waals surface area contributed by atoms with Gasteiger partial charge in [-0.15, -0.1) is 0 Å². The molecule has 160 valence electrons. The van der Waals surface area contributed by atoms with E-state index in [0.29, 0.717) is 56.8 Å². The summed E-state index contributed by atoms with van der Waals surface area (Å²) in [6, 6.07) is 4.67. The van der Waals surface area contributed by atoms with Crippen LogP contribution < -0.4 is 16.0 Å². The summed E-state index contributed by atoms with van der Waals surface area (Å²) in [6.45, 7) is 7.68. The van der Waals surface area contributed by atoms with Crippen LogP contribution in [0.4, 0.5) is 20.6 Å². The van der Waals surface area contributed by atoms with E-state index in [-0.39, 0.29) is 23.7 Å². The average molecular weight is 408 g/mol. The monoisotopic (exact) mass is 408 g/mol. The molecule has 1 aromatic carbocycles. The van der Waals surface area contributed by atoms with E-state index < -0.39 is 5.60 Å². The Hall–Kier alpha value is -2.84. The van der Waals surface area contributed by atoms with Crippen LogP contribution in [-0.2, 0) is 14.3 Å². The number of imide groups is 1. The second-order valence-corrected chi connectivity index (χ2v) is 7.99. The fourth-order valence-electron chi connectivity index (χ4n) is 2.93. The molecule has 2 aliphatic heterocycles. The quantitative estimate of drug-likeness (QED) is 0.546. The summed E-state index contributed by atoms with van der Waals surface area (Å²) in [5.74, 6) is -0.608. The number of piperidine rings is 1. The van der Waals surface area contributed by atoms with Gasteiger partial charge in [0.15, 0.2) is 0 Å². The predicted octanol–water partition coefficient (Wildman–Crippen LogP) is 2.28. The van der Waals surface area contributed by atoms with E-state index in [1.54, 1.807) is 17.0 Å². The fraction of sp³-hybridized carbons (Fsp3) is 0.550. The largest absolute Gasteiger partial charge is 0.444 e. The van der Waals surface area contributed by atoms with Gasteiger partial charge in [0.05, 0.1) is 5.69 Å². The normalized spacial score (nSPS) is 17.2. The van der Waals surface area contributed by atoms with Crippen LogP contribution in [0.1, 0.15) is 40.0 Å². The molecule has 0 atom stereocenters. The van der Waals surface area contributed by atoms with Crippen molar-refractivity contribution in [2.24, 2.45) is 0 Å². The van der Waals surface area contributed by atoms with Crippen LogP contribution in [0.2, 0.25) is 0 Å². The molecule has 2 aliphatic rings. The predicted molar refractivity (Wildman–Crippen MR) is 108 cm³/mol. The highest BCUT2D eigenvalue weighted by molar-refractivity contribution is 5.97. The molecule has 2 heterocycles. The van der Waals surface area contributed by atoms with Crippen molar-refractivity contribution in [3.05, 3.63) is 24.0 Å². The molecule has 0 saturated carbocycles. The van der Waals surface area contributed by atoms with Gasteiger partial charge in [-0.05, 0) is 45.4 Å². The smallest absolute Gasteiger partial charge is 0.410 e. The van der Waals surface area contributed by atoms with Crippen molar-refractivity contribution in [2.45, 2.75) is 45.6 Å². The Kier molecular flexibility index (Phi) is 7.41. The highest BCUT2D eigenvalue weighted by Crippen LogP contribution is 2.23. The number of benzene rings is 1. The van der Waals surface area contributed by atoms with E-state index in [9.17, 15) is 18.8 Å². The Morgan fingerprint density at radius 2 is 1.69 bits per heavy atom. The number of nitrogen functional groups attached to an aromatic ring is 1. The van der Waals surface area contributed by atoms with Crippen LogP contribution in [-0.4, -0.2) is 54.6 Å². The number of halogens is 1. The lowest BCUT2D eigenvalue weighted by molar-refractivity contribution is -0.132. The molecular formula is C20H29FN4O4. The van der Waals surface area contributed by atoms with Crippen LogP contribution in [0.25, 0.3) is 0 Å². The first kappa shape index (κ1) is 22.4. The molecule has 3 N–H and O–H groups in total. The second kappa shape index (κ2) is 9.58. The lowest BCUT2D eigenvalue weighted by Crippen LogP contribution is -2.50. The van der Waals surface area contributed by atoms with Gasteiger partial charge in [0.25, 0.3) is 0 Å². The van der Waals surface area contributed by atoms with Gasteiger partial charge in [0.2, 0.25) is 11.8 Å². The van der Waals surface area contributed by atoms with Crippen LogP contribution in [0.5, 0.6) is 0 Å². The number of hydrogen-bond donors (Lipinski definition) is 2. The zero-order chi connectivity index (χ0) is 21.6. The van der Waals surface area contributed by atoms with Crippen molar-refractivity contribution in [2.75, 3.05) is 36.8 Å². The van der Waals surface area contributed by atoms with E-state index in [1.807, 2.05) is 25.7 Å². The third kappa shape index (κ3) is 7.24. The number of nitrogens with zero attached hydrogens (tertiary/aromatic N) is 2. The Labute approximate surface area is 170 Å². The van der Waals surface area contributed by atoms with E-state index in [4.69, 9.17) is 10.5 Å². The maximum absolute atomic E-state index is 13.9. The second-order valence-electron chi connectivity index (χ2n) is 7.99. The Morgan fingerprint density at radius 1 is 1.10 bits per heavy atom. The Morgan fingerprint density at radius 3 is 2.14 bits per heavy atom. The minimum Gasteiger partial charge on any atom is -0.444 e. The van der Waals surface area contributed by atoms with Crippen molar-refractivity contribution in [1.29, 1.82) is 0 Å². The minimum absolute atomic E-state index is 0.138. The summed E-state index contributed by atoms with van der Waals surface area (Å²) in [7, 11) is 0. The number of carbonyl (C=O) groups excluding carboxylic acids is 3. The molecule has 0 aromatic heterocycles. The maximum Gasteiger partial charge on any atom is 0.410 e. The number of nitrogens with one attached hydrogen (secondary N) is 1. The summed E-state index contributed by atoms with van der Waals surface area (Å²) in [5, 5.41) is 2.20. The van der Waals surface area contributed by atoms with Crippen molar-refractivity contribution >= 4 is 29.3 Å². The number of anilines is 2. The SMILES string of the molecule is CC(C)(C)OC(=O)N1CCN(c2ccc(N)cc2F)CC1.O=C1CCCC(=O)N1. The molecule has 8 nitrogen and oxygen atoms in total. The average Bonchev–Trinajstić information content (AvgIpc) is 2.61. The zero-order valence-corrected chi connectivity index (χ0v) is 17.2. The number of piperazine rings is 1. The molecule has 2 fully saturated rings. The number of carbonyl (C=O) groups is 3. The molecule has 29 heavy (non-hydrogen) atoms. The molecule has 0 spiro atoms. The highest BCUT2D eigenvalue weighted by atomic mass is 19.1. The van der Waals surface area contributed by atoms with E-state index in [1.165, 1.54) is 6.07 Å². The number of amides is 3. The standard InChI is InChI=1S/C15H22FN3O2.C5H7NO2/c1-15(2,3)21-14(20)19-8-6-18(7-9-19)13-5-4-11(17)10-12(13)16;7-4-2-1-3-5(8)6-4/h4-5,10H,6-9,17H2,1-3H3;1-3H2,(H,6,7,8). The molecule has 2 saturated heterocycles. The van der Waals surface area contributed by atoms with Crippen LogP contribution in [0.15, 0.2) is 18.2 Å². The minimum atomic E-state index is -0.503. The lowest BCUT2D eigenvalue weighted by Gasteiger charge is -2.36.